The van der Waals surface area contributed by atoms with Gasteiger partial charge in [0.05, 0.1) is 42.8 Å². The molecule has 4 unspecified atom stereocenters. The first-order valence-corrected chi connectivity index (χ1v) is 19.7. The highest BCUT2D eigenvalue weighted by atomic mass is 16.8. The molecule has 3 aliphatic carbocycles. The van der Waals surface area contributed by atoms with E-state index in [4.69, 9.17) is 28.4 Å². The number of amides is 1. The monoisotopic (exact) mass is 847 g/mol. The van der Waals surface area contributed by atoms with Gasteiger partial charge in [0.2, 0.25) is 17.2 Å². The van der Waals surface area contributed by atoms with Crippen LogP contribution in [0.5, 0.6) is 0 Å². The topological polar surface area (TPSA) is 268 Å². The highest BCUT2D eigenvalue weighted by molar-refractivity contribution is 6.40. The summed E-state index contributed by atoms with van der Waals surface area (Å²) < 4.78 is 34.0. The number of methoxy groups -OCH3 is 1. The Labute approximate surface area is 347 Å². The maximum Gasteiger partial charge on any atom is 0.508 e. The van der Waals surface area contributed by atoms with E-state index in [0.717, 1.165) is 21.0 Å². The van der Waals surface area contributed by atoms with E-state index in [2.05, 4.69) is 5.32 Å². The van der Waals surface area contributed by atoms with Gasteiger partial charge in [-0.25, -0.2) is 24.0 Å². The fraction of sp³-hybridized carbons (Fsp3) is 0.690. The van der Waals surface area contributed by atoms with E-state index >= 15 is 0 Å². The van der Waals surface area contributed by atoms with Crippen LogP contribution in [0.1, 0.15) is 92.4 Å². The van der Waals surface area contributed by atoms with Crippen LogP contribution in [-0.4, -0.2) is 129 Å². The van der Waals surface area contributed by atoms with Gasteiger partial charge in [0.25, 0.3) is 0 Å². The van der Waals surface area contributed by atoms with E-state index < -0.39 is 142 Å². The summed E-state index contributed by atoms with van der Waals surface area (Å²) in [6.07, 6.45) is -10.2. The summed E-state index contributed by atoms with van der Waals surface area (Å²) in [6, 6.07) is 6.20. The molecule has 4 aliphatic rings. The minimum atomic E-state index is -2.48. The molecule has 5 rings (SSSR count). The number of hydrogen-bond donors (Lipinski definition) is 5. The molecule has 5 N–H and O–H groups in total. The Bertz CT molecular complexity index is 1920. The molecule has 12 atom stereocenters. The smallest absolute Gasteiger partial charge is 0.478 e. The number of aliphatic carboxylic acids is 1. The van der Waals surface area contributed by atoms with Gasteiger partial charge in [-0.3, -0.25) is 9.59 Å². The Kier molecular flexibility index (Phi) is 11.9. The van der Waals surface area contributed by atoms with E-state index in [1.165, 1.54) is 46.8 Å². The molecule has 1 saturated heterocycles. The number of nitrogens with one attached hydrogen (secondary N) is 1. The molecule has 0 spiro atoms. The lowest BCUT2D eigenvalue weighted by Gasteiger charge is -2.68. The molecule has 60 heavy (non-hydrogen) atoms. The zero-order valence-corrected chi connectivity index (χ0v) is 35.7. The fourth-order valence-corrected chi connectivity index (χ4v) is 9.86. The number of carboxylic acids is 1. The Morgan fingerprint density at radius 3 is 2.08 bits per heavy atom. The third kappa shape index (κ3) is 7.32. The lowest BCUT2D eigenvalue weighted by molar-refractivity contribution is -0.351. The largest absolute Gasteiger partial charge is 0.508 e. The molecule has 18 heteroatoms. The Balaban J connectivity index is 1.67. The van der Waals surface area contributed by atoms with Crippen LogP contribution < -0.4 is 5.32 Å². The number of carbonyl (C=O) groups excluding carboxylic acids is 6. The number of benzene rings is 1. The molecule has 1 aromatic rings. The highest BCUT2D eigenvalue weighted by Crippen LogP contribution is 2.66. The van der Waals surface area contributed by atoms with E-state index in [1.54, 1.807) is 39.0 Å². The molecule has 1 amide bonds. The van der Waals surface area contributed by atoms with Gasteiger partial charge in [-0.05, 0) is 45.2 Å². The minimum Gasteiger partial charge on any atom is -0.478 e. The summed E-state index contributed by atoms with van der Waals surface area (Å²) in [5.74, 6) is -10.3. The summed E-state index contributed by atoms with van der Waals surface area (Å²) in [6.45, 7) is 13.7. The molecule has 4 fully saturated rings. The number of rotatable bonds is 9. The number of Topliss-reactive ketones (excluding diaryl/α,β-unsaturated/α-hetero) is 2. The van der Waals surface area contributed by atoms with Crippen molar-refractivity contribution in [3.05, 3.63) is 35.9 Å². The van der Waals surface area contributed by atoms with Crippen LogP contribution in [0.3, 0.4) is 0 Å². The maximum absolute atomic E-state index is 15.0. The third-order valence-electron chi connectivity index (χ3n) is 13.7. The molecule has 3 saturated carbocycles. The van der Waals surface area contributed by atoms with Gasteiger partial charge in [-0.2, -0.15) is 0 Å². The summed E-state index contributed by atoms with van der Waals surface area (Å²) in [7, 11) is 1.04. The lowest BCUT2D eigenvalue weighted by Crippen LogP contribution is -2.83. The molecule has 1 aliphatic heterocycles. The van der Waals surface area contributed by atoms with E-state index in [1.807, 2.05) is 0 Å². The van der Waals surface area contributed by atoms with E-state index in [-0.39, 0.29) is 12.0 Å². The van der Waals surface area contributed by atoms with Crippen molar-refractivity contribution in [2.24, 2.45) is 34.0 Å². The number of fused-ring (bicyclic) bond motifs is 5. The summed E-state index contributed by atoms with van der Waals surface area (Å²) >= 11 is 0. The average Bonchev–Trinajstić information content (AvgIpc) is 3.14. The zero-order chi connectivity index (χ0) is 45.3. The molecule has 0 radical (unpaired) electrons. The van der Waals surface area contributed by atoms with Crippen LogP contribution in [0.25, 0.3) is 0 Å². The number of hydrogen-bond acceptors (Lipinski definition) is 16. The normalized spacial score (nSPS) is 35.6. The van der Waals surface area contributed by atoms with E-state index in [0.29, 0.717) is 0 Å². The van der Waals surface area contributed by atoms with Crippen LogP contribution in [-0.2, 0) is 47.6 Å². The maximum atomic E-state index is 15.0. The standard InChI is InChI=1S/C42H57NO17/c1-20-24-25(45)29(47)40(10)22(44)17-23-41(19-56-23,60-35(53)55-11)27(40)30(57-31(48)21-15-13-12-14-16-21)42(54,37(24,5)6)18-39(20,9)58-32(49)26(46)28(36(2,3)4)43-34(52)59-38(7,8)33(50)51/h12-16,20,22-24,26-28,30,44,46,54H,17-19H2,1-11H3,(H,43,52)(H,50,51)/t20?,22?,23-,24?,26-,27?,28-,30+,39-,40-,41+,42-/m1/s1. The number of ketones is 2. The molecule has 18 nitrogen and oxygen atoms in total. The van der Waals surface area contributed by atoms with Gasteiger partial charge in [0.1, 0.15) is 23.4 Å². The number of esters is 2. The molecule has 1 heterocycles. The number of alkyl carbamates (subject to hydrolysis) is 1. The number of carboxylic acid groups (broad SMARTS) is 1. The van der Waals surface area contributed by atoms with Crippen molar-refractivity contribution >= 4 is 41.7 Å². The molecular formula is C42H57NO17. The minimum absolute atomic E-state index is 0.0230. The van der Waals surface area contributed by atoms with Gasteiger partial charge in [0.15, 0.2) is 11.7 Å². The van der Waals surface area contributed by atoms with Crippen LogP contribution in [0, 0.1) is 34.0 Å². The molecular weight excluding hydrogens is 790 g/mol. The quantitative estimate of drug-likeness (QED) is 0.136. The second-order valence-electron chi connectivity index (χ2n) is 19.2. The number of carbonyl (C=O) groups is 7. The van der Waals surface area contributed by atoms with Crippen LogP contribution in [0.2, 0.25) is 0 Å². The fourth-order valence-electron chi connectivity index (χ4n) is 9.86. The third-order valence-corrected chi connectivity index (χ3v) is 13.7. The molecule has 332 valence electrons. The second kappa shape index (κ2) is 15.4. The first kappa shape index (κ1) is 46.4. The SMILES string of the molecule is COC(=O)O[C@@]12CO[C@@H]1CC(O)[C@@]1(C)C(=O)C(=O)C3C(C)[C@](C)(OC(=O)[C@H](O)[C@@H](NC(=O)OC(C)(C)C(=O)O)C(C)(C)C)C[C@@](O)([C@@H](OC(=O)c4ccccc4)C12)C3(C)C. The van der Waals surface area contributed by atoms with Gasteiger partial charge in [-0.15, -0.1) is 0 Å². The van der Waals surface area contributed by atoms with E-state index in [9.17, 15) is 54.0 Å². The second-order valence-corrected chi connectivity index (χ2v) is 19.2. The van der Waals surface area contributed by atoms with Crippen molar-refractivity contribution in [1.82, 2.24) is 5.32 Å². The van der Waals surface area contributed by atoms with Crippen LogP contribution >= 0.6 is 0 Å². The predicted molar refractivity (Wildman–Crippen MR) is 205 cm³/mol. The van der Waals surface area contributed by atoms with Crippen molar-refractivity contribution in [3.8, 4) is 0 Å². The number of ether oxygens (including phenoxy) is 6. The summed E-state index contributed by atoms with van der Waals surface area (Å²) in [5.41, 5.74) is -13.3. The van der Waals surface area contributed by atoms with Crippen LogP contribution in [0.15, 0.2) is 30.3 Å². The summed E-state index contributed by atoms with van der Waals surface area (Å²) in [4.78, 5) is 95.8. The first-order chi connectivity index (χ1) is 27.5. The van der Waals surface area contributed by atoms with Gasteiger partial charge >= 0.3 is 30.2 Å². The Hall–Kier alpha value is -4.65. The Morgan fingerprint density at radius 1 is 0.967 bits per heavy atom. The summed E-state index contributed by atoms with van der Waals surface area (Å²) in [5, 5.41) is 48.8. The van der Waals surface area contributed by atoms with Crippen molar-refractivity contribution in [1.29, 1.82) is 0 Å². The van der Waals surface area contributed by atoms with Gasteiger partial charge in [-0.1, -0.05) is 59.7 Å². The van der Waals surface area contributed by atoms with Crippen molar-refractivity contribution in [2.45, 2.75) is 135 Å². The lowest BCUT2D eigenvalue weighted by atomic mass is 9.41. The van der Waals surface area contributed by atoms with Gasteiger partial charge < -0.3 is 54.2 Å². The molecule has 2 bridgehead atoms. The van der Waals surface area contributed by atoms with Crippen molar-refractivity contribution < 1.29 is 82.4 Å². The van der Waals surface area contributed by atoms with Crippen molar-refractivity contribution in [3.63, 3.8) is 0 Å². The first-order valence-electron chi connectivity index (χ1n) is 19.7. The zero-order valence-electron chi connectivity index (χ0n) is 35.7. The van der Waals surface area contributed by atoms with Crippen LogP contribution in [0.4, 0.5) is 9.59 Å². The predicted octanol–water partition coefficient (Wildman–Crippen LogP) is 2.75. The molecule has 1 aromatic carbocycles. The average molecular weight is 848 g/mol. The Morgan fingerprint density at radius 2 is 1.57 bits per heavy atom. The number of aliphatic hydroxyl groups excluding tert-OH is 2. The van der Waals surface area contributed by atoms with Gasteiger partial charge in [0, 0.05) is 30.1 Å². The molecule has 0 aromatic heterocycles. The van der Waals surface area contributed by atoms with Crippen molar-refractivity contribution in [2.75, 3.05) is 13.7 Å². The highest BCUT2D eigenvalue weighted by Gasteiger charge is 2.80. The number of aliphatic hydroxyl groups is 3.